The Kier molecular flexibility index (Phi) is 10.5. The van der Waals surface area contributed by atoms with E-state index in [1.165, 1.54) is 11.7 Å². The van der Waals surface area contributed by atoms with Gasteiger partial charge in [-0.2, -0.15) is 0 Å². The molecule has 0 spiro atoms. The van der Waals surface area contributed by atoms with Crippen molar-refractivity contribution in [1.82, 2.24) is 0 Å². The first kappa shape index (κ1) is 16.2. The Bertz CT molecular complexity index is 215. The molecule has 0 N–H and O–H groups in total. The van der Waals surface area contributed by atoms with Crippen LogP contribution in [-0.2, 0) is 9.47 Å². The van der Waals surface area contributed by atoms with Gasteiger partial charge in [0.1, 0.15) is 0 Å². The predicted molar refractivity (Wildman–Crippen MR) is 73.6 cm³/mol. The molecule has 0 bridgehead atoms. The second kappa shape index (κ2) is 10.4. The molecule has 2 nitrogen and oxygen atoms in total. The molecule has 0 saturated heterocycles. The van der Waals surface area contributed by atoms with Crippen molar-refractivity contribution in [1.29, 1.82) is 0 Å². The van der Waals surface area contributed by atoms with Gasteiger partial charge in [0.2, 0.25) is 0 Å². The zero-order valence-corrected chi connectivity index (χ0v) is 13.7. The standard InChI is InChI=1S/C12H24O2SeSi/c1-13-8-9-14-12-15-10-6-5-7-11-16(2,3)4/h5-6,8-10,12H2,1-4H3. The van der Waals surface area contributed by atoms with Gasteiger partial charge < -0.3 is 0 Å². The molecule has 0 unspecified atom stereocenters. The summed E-state index contributed by atoms with van der Waals surface area (Å²) in [6.07, 6.45) is 2.29. The average Bonchev–Trinajstić information content (AvgIpc) is 2.19. The van der Waals surface area contributed by atoms with Crippen molar-refractivity contribution in [2.45, 2.75) is 37.8 Å². The van der Waals surface area contributed by atoms with Crippen LogP contribution in [0.4, 0.5) is 0 Å². The average molecular weight is 307 g/mol. The molecule has 0 atom stereocenters. The second-order valence-electron chi connectivity index (χ2n) is 4.58. The summed E-state index contributed by atoms with van der Waals surface area (Å²) < 4.78 is 10.3. The van der Waals surface area contributed by atoms with Crippen LogP contribution in [0.2, 0.25) is 25.0 Å². The van der Waals surface area contributed by atoms with Gasteiger partial charge in [0.25, 0.3) is 0 Å². The molecule has 16 heavy (non-hydrogen) atoms. The number of ether oxygens (including phenoxy) is 2. The molecule has 0 aromatic carbocycles. The third kappa shape index (κ3) is 14.2. The summed E-state index contributed by atoms with van der Waals surface area (Å²) in [6, 6.07) is 0. The van der Waals surface area contributed by atoms with Gasteiger partial charge in [0.05, 0.1) is 0 Å². The molecule has 0 saturated carbocycles. The monoisotopic (exact) mass is 308 g/mol. The van der Waals surface area contributed by atoms with Crippen molar-refractivity contribution in [3.8, 4) is 11.5 Å². The normalized spacial score (nSPS) is 11.0. The van der Waals surface area contributed by atoms with E-state index in [0.29, 0.717) is 21.6 Å². The molecule has 0 fully saturated rings. The summed E-state index contributed by atoms with van der Waals surface area (Å²) in [5.74, 6) is 3.30. The van der Waals surface area contributed by atoms with E-state index in [4.69, 9.17) is 9.47 Å². The maximum atomic E-state index is 5.41. The maximum absolute atomic E-state index is 5.41. The van der Waals surface area contributed by atoms with Crippen LogP contribution < -0.4 is 0 Å². The summed E-state index contributed by atoms with van der Waals surface area (Å²) >= 11 is 0.620. The Balaban J connectivity index is 3.18. The van der Waals surface area contributed by atoms with E-state index in [-0.39, 0.29) is 0 Å². The zero-order valence-electron chi connectivity index (χ0n) is 11.0. The number of methoxy groups -OCH3 is 1. The molecule has 0 aromatic rings. The van der Waals surface area contributed by atoms with Crippen molar-refractivity contribution in [3.05, 3.63) is 0 Å². The van der Waals surface area contributed by atoms with Crippen molar-refractivity contribution < 1.29 is 9.47 Å². The van der Waals surface area contributed by atoms with E-state index in [0.717, 1.165) is 18.5 Å². The van der Waals surface area contributed by atoms with E-state index in [9.17, 15) is 0 Å². The fourth-order valence-corrected chi connectivity index (χ4v) is 3.04. The van der Waals surface area contributed by atoms with E-state index in [1.54, 1.807) is 7.11 Å². The van der Waals surface area contributed by atoms with Gasteiger partial charge >= 0.3 is 108 Å². The minimum atomic E-state index is -1.14. The molecule has 0 radical (unpaired) electrons. The van der Waals surface area contributed by atoms with Crippen LogP contribution in [0.3, 0.4) is 0 Å². The zero-order chi connectivity index (χ0) is 12.3. The summed E-state index contributed by atoms with van der Waals surface area (Å²) in [5.41, 5.74) is 4.30. The second-order valence-corrected chi connectivity index (χ2v) is 11.5. The molecule has 0 aliphatic carbocycles. The van der Waals surface area contributed by atoms with Crippen LogP contribution in [-0.4, -0.2) is 48.9 Å². The van der Waals surface area contributed by atoms with E-state index in [2.05, 4.69) is 31.1 Å². The third-order valence-electron chi connectivity index (χ3n) is 1.65. The molecule has 94 valence electrons. The first-order valence-electron chi connectivity index (χ1n) is 5.71. The Morgan fingerprint density at radius 1 is 1.19 bits per heavy atom. The fourth-order valence-electron chi connectivity index (χ4n) is 0.909. The van der Waals surface area contributed by atoms with Crippen LogP contribution >= 0.6 is 0 Å². The number of hydrogen-bond donors (Lipinski definition) is 0. The Morgan fingerprint density at radius 3 is 2.56 bits per heavy atom. The number of unbranched alkanes of at least 4 members (excludes halogenated alkanes) is 1. The van der Waals surface area contributed by atoms with Crippen LogP contribution in [0.25, 0.3) is 0 Å². The molecular formula is C12H24O2SeSi. The Hall–Kier alpha value is 0.216. The topological polar surface area (TPSA) is 18.5 Å². The van der Waals surface area contributed by atoms with Crippen molar-refractivity contribution in [2.75, 3.05) is 25.8 Å². The van der Waals surface area contributed by atoms with Crippen molar-refractivity contribution >= 4 is 23.0 Å². The number of rotatable bonds is 8. The van der Waals surface area contributed by atoms with Crippen LogP contribution in [0.15, 0.2) is 0 Å². The van der Waals surface area contributed by atoms with Gasteiger partial charge in [-0.3, -0.25) is 0 Å². The molecule has 0 rings (SSSR count). The molecule has 0 aliphatic rings. The summed E-state index contributed by atoms with van der Waals surface area (Å²) in [5, 5.41) is 1.28. The van der Waals surface area contributed by atoms with Crippen LogP contribution in [0.1, 0.15) is 12.8 Å². The Morgan fingerprint density at radius 2 is 1.94 bits per heavy atom. The molecule has 0 amide bonds. The van der Waals surface area contributed by atoms with Crippen molar-refractivity contribution in [3.63, 3.8) is 0 Å². The molecule has 0 heterocycles. The van der Waals surface area contributed by atoms with E-state index in [1.807, 2.05) is 0 Å². The van der Waals surface area contributed by atoms with Crippen molar-refractivity contribution in [2.24, 2.45) is 0 Å². The van der Waals surface area contributed by atoms with Gasteiger partial charge in [-0.05, 0) is 0 Å². The first-order chi connectivity index (χ1) is 7.56. The first-order valence-corrected chi connectivity index (χ1v) is 11.6. The minimum absolute atomic E-state index is 0.620. The molecule has 0 aromatic heterocycles. The van der Waals surface area contributed by atoms with E-state index < -0.39 is 8.07 Å². The van der Waals surface area contributed by atoms with Crippen LogP contribution in [0.5, 0.6) is 0 Å². The van der Waals surface area contributed by atoms with Crippen LogP contribution in [0, 0.1) is 11.5 Å². The fraction of sp³-hybridized carbons (Fsp3) is 0.833. The molecule has 0 aliphatic heterocycles. The van der Waals surface area contributed by atoms with Gasteiger partial charge in [-0.25, -0.2) is 0 Å². The van der Waals surface area contributed by atoms with Gasteiger partial charge in [0.15, 0.2) is 0 Å². The molecular weight excluding hydrogens is 283 g/mol. The SMILES string of the molecule is COCCOC[Se]CCCC#C[Si](C)(C)C. The summed E-state index contributed by atoms with van der Waals surface area (Å²) in [7, 11) is 0.558. The van der Waals surface area contributed by atoms with Gasteiger partial charge in [-0.1, -0.05) is 0 Å². The summed E-state index contributed by atoms with van der Waals surface area (Å²) in [6.45, 7) is 8.29. The quantitative estimate of drug-likeness (QED) is 0.389. The Labute approximate surface area is 108 Å². The van der Waals surface area contributed by atoms with E-state index >= 15 is 0 Å². The molecule has 4 heteroatoms. The number of hydrogen-bond acceptors (Lipinski definition) is 2. The summed E-state index contributed by atoms with van der Waals surface area (Å²) in [4.78, 5) is 0. The predicted octanol–water partition coefficient (Wildman–Crippen LogP) is 2.39. The van der Waals surface area contributed by atoms with Gasteiger partial charge in [-0.15, -0.1) is 0 Å². The van der Waals surface area contributed by atoms with Gasteiger partial charge in [0, 0.05) is 0 Å². The third-order valence-corrected chi connectivity index (χ3v) is 4.49.